The highest BCUT2D eigenvalue weighted by atomic mass is 35.5. The van der Waals surface area contributed by atoms with Crippen molar-refractivity contribution in [1.29, 1.82) is 0 Å². The van der Waals surface area contributed by atoms with E-state index in [-0.39, 0.29) is 16.3 Å². The molecule has 0 saturated heterocycles. The van der Waals surface area contributed by atoms with E-state index in [9.17, 15) is 21.4 Å². The van der Waals surface area contributed by atoms with Crippen LogP contribution in [0.5, 0.6) is 11.5 Å². The van der Waals surface area contributed by atoms with E-state index >= 15 is 0 Å². The summed E-state index contributed by atoms with van der Waals surface area (Å²) in [4.78, 5) is -0.689. The molecule has 0 aliphatic carbocycles. The third-order valence-electron chi connectivity index (χ3n) is 3.86. The summed E-state index contributed by atoms with van der Waals surface area (Å²) in [6, 6.07) is 15.9. The van der Waals surface area contributed by atoms with E-state index in [1.807, 2.05) is 0 Å². The smallest absolute Gasteiger partial charge is 0.296 e. The number of aryl methyl sites for hydroxylation is 1. The first-order chi connectivity index (χ1) is 13.5. The van der Waals surface area contributed by atoms with Gasteiger partial charge in [-0.1, -0.05) is 29.3 Å². The fourth-order valence-corrected chi connectivity index (χ4v) is 4.36. The highest BCUT2D eigenvalue weighted by molar-refractivity contribution is 7.93. The fourth-order valence-electron chi connectivity index (χ4n) is 2.42. The maximum atomic E-state index is 12.6. The van der Waals surface area contributed by atoms with E-state index in [1.165, 1.54) is 24.3 Å². The molecule has 0 bridgehead atoms. The molecule has 2 N–H and O–H groups in total. The summed E-state index contributed by atoms with van der Waals surface area (Å²) in [5, 5.41) is 0.497. The molecule has 0 saturated carbocycles. The van der Waals surface area contributed by atoms with Crippen LogP contribution >= 0.6 is 11.6 Å². The van der Waals surface area contributed by atoms with E-state index < -0.39 is 25.0 Å². The highest BCUT2D eigenvalue weighted by Gasteiger charge is 2.22. The van der Waals surface area contributed by atoms with E-state index in [1.54, 1.807) is 43.3 Å². The third kappa shape index (κ3) is 5.27. The number of hydrogen-bond acceptors (Lipinski definition) is 5. The lowest BCUT2D eigenvalue weighted by molar-refractivity contribution is 0.472. The maximum absolute atomic E-state index is 12.6. The quantitative estimate of drug-likeness (QED) is 0.532. The third-order valence-corrected chi connectivity index (χ3v) is 6.38. The summed E-state index contributed by atoms with van der Waals surface area (Å²) < 4.78 is 66.1. The Morgan fingerprint density at radius 2 is 1.45 bits per heavy atom. The van der Waals surface area contributed by atoms with E-state index in [0.717, 1.165) is 11.6 Å². The van der Waals surface area contributed by atoms with Crippen molar-refractivity contribution in [3.05, 3.63) is 77.3 Å². The van der Waals surface area contributed by atoms with Crippen LogP contribution in [0.4, 0.5) is 5.69 Å². The number of hydrogen-bond donors (Lipinski definition) is 2. The van der Waals surface area contributed by atoms with Gasteiger partial charge in [-0.05, 0) is 55.5 Å². The molecule has 0 heterocycles. The van der Waals surface area contributed by atoms with Gasteiger partial charge >= 0.3 is 0 Å². The monoisotopic (exact) mass is 453 g/mol. The molecular formula is C19H16ClNO6S2. The SMILES string of the molecule is Cc1ccc(S(=O)(=O)Nc2ccc(Oc3ccc(Cl)cc3)cc2S(=O)(=O)O)cc1. The summed E-state index contributed by atoms with van der Waals surface area (Å²) in [7, 11) is -8.81. The average molecular weight is 454 g/mol. The molecule has 0 unspecified atom stereocenters. The molecule has 10 heteroatoms. The largest absolute Gasteiger partial charge is 0.457 e. The van der Waals surface area contributed by atoms with Crippen LogP contribution < -0.4 is 9.46 Å². The zero-order chi connectivity index (χ0) is 21.2. The molecule has 7 nitrogen and oxygen atoms in total. The lowest BCUT2D eigenvalue weighted by Gasteiger charge is -2.13. The van der Waals surface area contributed by atoms with Crippen LogP contribution in [0.15, 0.2) is 76.5 Å². The van der Waals surface area contributed by atoms with Gasteiger partial charge in [0.15, 0.2) is 0 Å². The molecular weight excluding hydrogens is 438 g/mol. The zero-order valence-electron chi connectivity index (χ0n) is 15.0. The van der Waals surface area contributed by atoms with Crippen molar-refractivity contribution in [3.8, 4) is 11.5 Å². The molecule has 3 aromatic carbocycles. The first kappa shape index (κ1) is 21.1. The van der Waals surface area contributed by atoms with E-state index in [2.05, 4.69) is 4.72 Å². The second kappa shape index (κ2) is 8.03. The lowest BCUT2D eigenvalue weighted by Crippen LogP contribution is -2.15. The standard InChI is InChI=1S/C19H16ClNO6S2/c1-13-2-9-17(10-3-13)28(22,23)21-18-11-8-16(12-19(18)29(24,25)26)27-15-6-4-14(20)5-7-15/h2-12,21H,1H3,(H,24,25,26). The van der Waals surface area contributed by atoms with Gasteiger partial charge in [0.1, 0.15) is 16.4 Å². The minimum atomic E-state index is -4.74. The number of nitrogens with one attached hydrogen (secondary N) is 1. The van der Waals surface area contributed by atoms with Crippen LogP contribution in [-0.2, 0) is 20.1 Å². The van der Waals surface area contributed by atoms with Crippen molar-refractivity contribution in [2.45, 2.75) is 16.7 Å². The molecule has 0 spiro atoms. The number of ether oxygens (including phenoxy) is 1. The lowest BCUT2D eigenvalue weighted by atomic mass is 10.2. The highest BCUT2D eigenvalue weighted by Crippen LogP contribution is 2.31. The Bertz CT molecular complexity index is 1240. The second-order valence-electron chi connectivity index (χ2n) is 6.11. The summed E-state index contributed by atoms with van der Waals surface area (Å²) in [6.45, 7) is 1.81. The van der Waals surface area contributed by atoms with Crippen LogP contribution in [0.1, 0.15) is 5.56 Å². The van der Waals surface area contributed by atoms with Crippen LogP contribution in [0, 0.1) is 6.92 Å². The van der Waals surface area contributed by atoms with Crippen molar-refractivity contribution in [2.24, 2.45) is 0 Å². The summed E-state index contributed by atoms with van der Waals surface area (Å²) in [5.74, 6) is 0.460. The minimum absolute atomic E-state index is 0.0501. The number of anilines is 1. The first-order valence-corrected chi connectivity index (χ1v) is 11.5. The Kier molecular flexibility index (Phi) is 5.85. The second-order valence-corrected chi connectivity index (χ2v) is 9.62. The Morgan fingerprint density at radius 3 is 2.03 bits per heavy atom. The molecule has 0 fully saturated rings. The molecule has 29 heavy (non-hydrogen) atoms. The van der Waals surface area contributed by atoms with Gasteiger partial charge in [0.2, 0.25) is 0 Å². The molecule has 152 valence electrons. The predicted molar refractivity (Wildman–Crippen MR) is 110 cm³/mol. The van der Waals surface area contributed by atoms with Crippen molar-refractivity contribution in [3.63, 3.8) is 0 Å². The topological polar surface area (TPSA) is 110 Å². The fraction of sp³-hybridized carbons (Fsp3) is 0.0526. The molecule has 0 atom stereocenters. The Labute approximate surface area is 173 Å². The minimum Gasteiger partial charge on any atom is -0.457 e. The molecule has 0 aliphatic heterocycles. The predicted octanol–water partition coefficient (Wildman–Crippen LogP) is 4.49. The van der Waals surface area contributed by atoms with Gasteiger partial charge in [0.05, 0.1) is 10.6 Å². The summed E-state index contributed by atoms with van der Waals surface area (Å²) >= 11 is 5.81. The first-order valence-electron chi connectivity index (χ1n) is 8.19. The van der Waals surface area contributed by atoms with Gasteiger partial charge < -0.3 is 4.74 Å². The Hall–Kier alpha value is -2.59. The molecule has 3 aromatic rings. The van der Waals surface area contributed by atoms with Gasteiger partial charge in [-0.15, -0.1) is 0 Å². The summed E-state index contributed by atoms with van der Waals surface area (Å²) in [6.07, 6.45) is 0. The number of sulfonamides is 1. The molecule has 0 aromatic heterocycles. The van der Waals surface area contributed by atoms with Gasteiger partial charge in [-0.25, -0.2) is 8.42 Å². The number of benzene rings is 3. The van der Waals surface area contributed by atoms with Crippen LogP contribution in [0.2, 0.25) is 5.02 Å². The number of rotatable bonds is 6. The van der Waals surface area contributed by atoms with Crippen LogP contribution in [0.25, 0.3) is 0 Å². The molecule has 0 amide bonds. The van der Waals surface area contributed by atoms with Gasteiger partial charge in [0, 0.05) is 11.1 Å². The summed E-state index contributed by atoms with van der Waals surface area (Å²) in [5.41, 5.74) is 0.558. The maximum Gasteiger partial charge on any atom is 0.296 e. The van der Waals surface area contributed by atoms with Crippen molar-refractivity contribution in [1.82, 2.24) is 0 Å². The van der Waals surface area contributed by atoms with Gasteiger partial charge in [-0.3, -0.25) is 9.27 Å². The van der Waals surface area contributed by atoms with Crippen LogP contribution in [-0.4, -0.2) is 21.4 Å². The van der Waals surface area contributed by atoms with Gasteiger partial charge in [-0.2, -0.15) is 8.42 Å². The molecule has 0 radical (unpaired) electrons. The van der Waals surface area contributed by atoms with Crippen molar-refractivity contribution < 1.29 is 26.1 Å². The van der Waals surface area contributed by atoms with E-state index in [0.29, 0.717) is 10.8 Å². The van der Waals surface area contributed by atoms with E-state index in [4.69, 9.17) is 16.3 Å². The Morgan fingerprint density at radius 1 is 0.862 bits per heavy atom. The average Bonchev–Trinajstić information content (AvgIpc) is 2.64. The van der Waals surface area contributed by atoms with Gasteiger partial charge in [0.25, 0.3) is 20.1 Å². The Balaban J connectivity index is 1.96. The zero-order valence-corrected chi connectivity index (χ0v) is 17.4. The van der Waals surface area contributed by atoms with Crippen molar-refractivity contribution >= 4 is 37.4 Å². The van der Waals surface area contributed by atoms with Crippen LogP contribution in [0.3, 0.4) is 0 Å². The molecule has 3 rings (SSSR count). The normalized spacial score (nSPS) is 11.8. The number of halogens is 1. The molecule has 0 aliphatic rings. The van der Waals surface area contributed by atoms with Crippen molar-refractivity contribution in [2.75, 3.05) is 4.72 Å².